The molecular formula is C12H13ClN2S. The van der Waals surface area contributed by atoms with Gasteiger partial charge in [0.15, 0.2) is 0 Å². The minimum atomic E-state index is -0.159. The highest BCUT2D eigenvalue weighted by atomic mass is 35.5. The Kier molecular flexibility index (Phi) is 3.28. The van der Waals surface area contributed by atoms with Crippen LogP contribution < -0.4 is 5.73 Å². The Balaban J connectivity index is 2.41. The van der Waals surface area contributed by atoms with E-state index in [1.807, 2.05) is 37.4 Å². The van der Waals surface area contributed by atoms with E-state index in [9.17, 15) is 0 Å². The molecule has 1 unspecified atom stereocenters. The Hall–Kier alpha value is -0.900. The van der Waals surface area contributed by atoms with E-state index in [1.54, 1.807) is 11.3 Å². The van der Waals surface area contributed by atoms with Crippen LogP contribution >= 0.6 is 22.9 Å². The molecule has 16 heavy (non-hydrogen) atoms. The van der Waals surface area contributed by atoms with E-state index in [4.69, 9.17) is 17.3 Å². The van der Waals surface area contributed by atoms with Crippen LogP contribution in [-0.4, -0.2) is 4.98 Å². The van der Waals surface area contributed by atoms with E-state index < -0.39 is 0 Å². The van der Waals surface area contributed by atoms with Crippen LogP contribution in [0.2, 0.25) is 5.02 Å². The molecule has 2 rings (SSSR count). The van der Waals surface area contributed by atoms with Gasteiger partial charge >= 0.3 is 0 Å². The van der Waals surface area contributed by atoms with E-state index in [0.717, 1.165) is 26.9 Å². The first-order chi connectivity index (χ1) is 7.58. The Morgan fingerprint density at radius 1 is 1.31 bits per heavy atom. The molecule has 0 aromatic carbocycles. The molecule has 0 fully saturated rings. The Labute approximate surface area is 104 Å². The van der Waals surface area contributed by atoms with Gasteiger partial charge in [-0.05, 0) is 43.0 Å². The standard InChI is InChI=1S/C12H13ClN2S/c1-7-5-9(6-8(2)15-7)11(14)12-10(13)3-4-16-12/h3-6,11H,14H2,1-2H3. The van der Waals surface area contributed by atoms with Crippen molar-refractivity contribution in [2.75, 3.05) is 0 Å². The van der Waals surface area contributed by atoms with Crippen molar-refractivity contribution in [2.45, 2.75) is 19.9 Å². The van der Waals surface area contributed by atoms with Gasteiger partial charge in [-0.15, -0.1) is 11.3 Å². The number of rotatable bonds is 2. The highest BCUT2D eigenvalue weighted by Crippen LogP contribution is 2.31. The molecule has 0 saturated carbocycles. The molecule has 0 radical (unpaired) electrons. The summed E-state index contributed by atoms with van der Waals surface area (Å²) in [7, 11) is 0. The van der Waals surface area contributed by atoms with Crippen LogP contribution in [0.3, 0.4) is 0 Å². The van der Waals surface area contributed by atoms with E-state index in [0.29, 0.717) is 0 Å². The lowest BCUT2D eigenvalue weighted by molar-refractivity contribution is 0.879. The molecule has 2 aromatic heterocycles. The minimum absolute atomic E-state index is 0.159. The number of thiophene rings is 1. The molecular weight excluding hydrogens is 240 g/mol. The first-order valence-electron chi connectivity index (χ1n) is 5.01. The van der Waals surface area contributed by atoms with Gasteiger partial charge in [0.05, 0.1) is 11.1 Å². The van der Waals surface area contributed by atoms with Crippen molar-refractivity contribution in [3.05, 3.63) is 50.4 Å². The molecule has 0 aliphatic rings. The predicted octanol–water partition coefficient (Wildman–Crippen LogP) is 3.46. The van der Waals surface area contributed by atoms with E-state index in [1.165, 1.54) is 0 Å². The molecule has 2 heterocycles. The zero-order chi connectivity index (χ0) is 11.7. The lowest BCUT2D eigenvalue weighted by Crippen LogP contribution is -2.11. The van der Waals surface area contributed by atoms with Crippen LogP contribution in [0.1, 0.15) is 27.9 Å². The smallest absolute Gasteiger partial charge is 0.0662 e. The molecule has 0 amide bonds. The maximum atomic E-state index is 6.20. The van der Waals surface area contributed by atoms with Crippen molar-refractivity contribution < 1.29 is 0 Å². The van der Waals surface area contributed by atoms with Crippen molar-refractivity contribution in [2.24, 2.45) is 5.73 Å². The van der Waals surface area contributed by atoms with Crippen LogP contribution in [0.25, 0.3) is 0 Å². The Morgan fingerprint density at radius 2 is 1.94 bits per heavy atom. The van der Waals surface area contributed by atoms with Crippen molar-refractivity contribution in [3.63, 3.8) is 0 Å². The molecule has 0 aliphatic carbocycles. The summed E-state index contributed by atoms with van der Waals surface area (Å²) in [4.78, 5) is 5.34. The van der Waals surface area contributed by atoms with Crippen LogP contribution in [0, 0.1) is 13.8 Å². The molecule has 0 spiro atoms. The number of nitrogens with two attached hydrogens (primary N) is 1. The minimum Gasteiger partial charge on any atom is -0.320 e. The molecule has 84 valence electrons. The summed E-state index contributed by atoms with van der Waals surface area (Å²) in [5, 5.41) is 2.70. The van der Waals surface area contributed by atoms with Crippen molar-refractivity contribution in [1.82, 2.24) is 4.98 Å². The van der Waals surface area contributed by atoms with Gasteiger partial charge in [0.1, 0.15) is 0 Å². The lowest BCUT2D eigenvalue weighted by atomic mass is 10.1. The second-order valence-corrected chi connectivity index (χ2v) is 5.15. The SMILES string of the molecule is Cc1cc(C(N)c2sccc2Cl)cc(C)n1. The number of aryl methyl sites for hydroxylation is 2. The van der Waals surface area contributed by atoms with Crippen LogP contribution in [0.5, 0.6) is 0 Å². The molecule has 2 nitrogen and oxygen atoms in total. The van der Waals surface area contributed by atoms with Crippen molar-refractivity contribution in [1.29, 1.82) is 0 Å². The number of nitrogens with zero attached hydrogens (tertiary/aromatic N) is 1. The monoisotopic (exact) mass is 252 g/mol. The summed E-state index contributed by atoms with van der Waals surface area (Å²) in [6, 6.07) is 5.73. The molecule has 2 N–H and O–H groups in total. The number of pyridine rings is 1. The second-order valence-electron chi connectivity index (χ2n) is 3.79. The highest BCUT2D eigenvalue weighted by molar-refractivity contribution is 7.10. The van der Waals surface area contributed by atoms with Gasteiger partial charge in [-0.2, -0.15) is 0 Å². The van der Waals surface area contributed by atoms with E-state index >= 15 is 0 Å². The van der Waals surface area contributed by atoms with Crippen molar-refractivity contribution in [3.8, 4) is 0 Å². The number of hydrogen-bond acceptors (Lipinski definition) is 3. The molecule has 0 bridgehead atoms. The average Bonchev–Trinajstić information content (AvgIpc) is 2.62. The third-order valence-electron chi connectivity index (χ3n) is 2.39. The lowest BCUT2D eigenvalue weighted by Gasteiger charge is -2.12. The fourth-order valence-electron chi connectivity index (χ4n) is 1.73. The molecule has 2 aromatic rings. The summed E-state index contributed by atoms with van der Waals surface area (Å²) >= 11 is 7.67. The van der Waals surface area contributed by atoms with Gasteiger partial charge in [0.2, 0.25) is 0 Å². The van der Waals surface area contributed by atoms with Gasteiger partial charge < -0.3 is 5.73 Å². The number of halogens is 1. The maximum absolute atomic E-state index is 6.20. The largest absolute Gasteiger partial charge is 0.320 e. The zero-order valence-corrected chi connectivity index (χ0v) is 10.8. The van der Waals surface area contributed by atoms with E-state index in [2.05, 4.69) is 4.98 Å². The second kappa shape index (κ2) is 4.53. The summed E-state index contributed by atoms with van der Waals surface area (Å²) in [6.07, 6.45) is 0. The van der Waals surface area contributed by atoms with Gasteiger partial charge in [-0.3, -0.25) is 4.98 Å². The zero-order valence-electron chi connectivity index (χ0n) is 9.20. The van der Waals surface area contributed by atoms with Crippen LogP contribution in [0.15, 0.2) is 23.6 Å². The Bertz CT molecular complexity index is 487. The summed E-state index contributed by atoms with van der Waals surface area (Å²) < 4.78 is 0. The quantitative estimate of drug-likeness (QED) is 0.889. The maximum Gasteiger partial charge on any atom is 0.0662 e. The molecule has 0 saturated heterocycles. The fourth-order valence-corrected chi connectivity index (χ4v) is 2.93. The number of aromatic nitrogens is 1. The summed E-state index contributed by atoms with van der Waals surface area (Å²) in [5.74, 6) is 0. The third-order valence-corrected chi connectivity index (χ3v) is 3.83. The Morgan fingerprint density at radius 3 is 2.44 bits per heavy atom. The molecule has 0 aliphatic heterocycles. The van der Waals surface area contributed by atoms with Gasteiger partial charge in [0, 0.05) is 16.3 Å². The molecule has 4 heteroatoms. The fraction of sp³-hybridized carbons (Fsp3) is 0.250. The predicted molar refractivity (Wildman–Crippen MR) is 69.1 cm³/mol. The average molecular weight is 253 g/mol. The number of hydrogen-bond donors (Lipinski definition) is 1. The molecule has 1 atom stereocenters. The third kappa shape index (κ3) is 2.26. The van der Waals surface area contributed by atoms with Crippen LogP contribution in [0.4, 0.5) is 0 Å². The van der Waals surface area contributed by atoms with Gasteiger partial charge in [-0.1, -0.05) is 11.6 Å². The van der Waals surface area contributed by atoms with Crippen molar-refractivity contribution >= 4 is 22.9 Å². The summed E-state index contributed by atoms with van der Waals surface area (Å²) in [6.45, 7) is 3.94. The summed E-state index contributed by atoms with van der Waals surface area (Å²) in [5.41, 5.74) is 9.23. The highest BCUT2D eigenvalue weighted by Gasteiger charge is 2.14. The van der Waals surface area contributed by atoms with E-state index in [-0.39, 0.29) is 6.04 Å². The first kappa shape index (κ1) is 11.6. The van der Waals surface area contributed by atoms with Gasteiger partial charge in [-0.25, -0.2) is 0 Å². The van der Waals surface area contributed by atoms with Crippen LogP contribution in [-0.2, 0) is 0 Å². The van der Waals surface area contributed by atoms with Gasteiger partial charge in [0.25, 0.3) is 0 Å². The topological polar surface area (TPSA) is 38.9 Å². The normalized spacial score (nSPS) is 12.8. The first-order valence-corrected chi connectivity index (χ1v) is 6.27.